The molecule has 0 spiro atoms. The highest BCUT2D eigenvalue weighted by atomic mass is 14.9. The van der Waals surface area contributed by atoms with Crippen LogP contribution in [-0.4, -0.2) is 9.97 Å². The Morgan fingerprint density at radius 2 is 0.811 bits per heavy atom. The van der Waals surface area contributed by atoms with Crippen LogP contribution in [0, 0.1) is 0 Å². The van der Waals surface area contributed by atoms with Crippen LogP contribution in [0.2, 0.25) is 0 Å². The lowest BCUT2D eigenvalue weighted by Crippen LogP contribution is -2.15. The molecule has 9 aromatic rings. The van der Waals surface area contributed by atoms with E-state index in [2.05, 4.69) is 184 Å². The summed E-state index contributed by atoms with van der Waals surface area (Å²) in [5.41, 5.74) is 15.0. The Morgan fingerprint density at radius 1 is 0.358 bits per heavy atom. The SMILES string of the molecule is CC1(C)c2cc(-c3cccc(-c4cccc(-c5nc(-c6ccccc6)cc(-c6ccccc6)n5)c4)c3)ccc2-c2c1c1ccccc1c1ccccc21. The zero-order valence-electron chi connectivity index (χ0n) is 29.7. The summed E-state index contributed by atoms with van der Waals surface area (Å²) in [5.74, 6) is 0.712. The van der Waals surface area contributed by atoms with E-state index in [0.29, 0.717) is 5.82 Å². The summed E-state index contributed by atoms with van der Waals surface area (Å²) in [6, 6.07) is 65.2. The molecule has 1 aliphatic rings. The fourth-order valence-electron chi connectivity index (χ4n) is 8.47. The maximum atomic E-state index is 5.09. The minimum Gasteiger partial charge on any atom is -0.228 e. The van der Waals surface area contributed by atoms with Crippen molar-refractivity contribution in [1.82, 2.24) is 9.97 Å². The van der Waals surface area contributed by atoms with Gasteiger partial charge < -0.3 is 0 Å². The summed E-state index contributed by atoms with van der Waals surface area (Å²) in [7, 11) is 0. The molecule has 0 atom stereocenters. The van der Waals surface area contributed by atoms with E-state index in [1.807, 2.05) is 12.1 Å². The van der Waals surface area contributed by atoms with Gasteiger partial charge in [0.2, 0.25) is 0 Å². The molecule has 0 amide bonds. The quantitative estimate of drug-likeness (QED) is 0.170. The molecular weight excluding hydrogens is 641 g/mol. The van der Waals surface area contributed by atoms with Crippen LogP contribution in [0.25, 0.3) is 88.8 Å². The van der Waals surface area contributed by atoms with Crippen LogP contribution in [0.15, 0.2) is 182 Å². The molecule has 53 heavy (non-hydrogen) atoms. The summed E-state index contributed by atoms with van der Waals surface area (Å²) in [4.78, 5) is 10.2. The highest BCUT2D eigenvalue weighted by Crippen LogP contribution is 2.55. The van der Waals surface area contributed by atoms with Crippen molar-refractivity contribution in [3.63, 3.8) is 0 Å². The van der Waals surface area contributed by atoms with E-state index in [-0.39, 0.29) is 5.41 Å². The lowest BCUT2D eigenvalue weighted by atomic mass is 9.78. The minimum absolute atomic E-state index is 0.150. The van der Waals surface area contributed by atoms with Gasteiger partial charge in [-0.3, -0.25) is 0 Å². The van der Waals surface area contributed by atoms with Gasteiger partial charge in [-0.2, -0.15) is 0 Å². The van der Waals surface area contributed by atoms with Gasteiger partial charge in [-0.25, -0.2) is 9.97 Å². The van der Waals surface area contributed by atoms with E-state index in [0.717, 1.165) is 39.2 Å². The van der Waals surface area contributed by atoms with Crippen LogP contribution < -0.4 is 0 Å². The van der Waals surface area contributed by atoms with Crippen molar-refractivity contribution in [2.45, 2.75) is 19.3 Å². The maximum absolute atomic E-state index is 5.09. The highest BCUT2D eigenvalue weighted by Gasteiger charge is 2.38. The van der Waals surface area contributed by atoms with E-state index in [1.54, 1.807) is 0 Å². The third-order valence-corrected chi connectivity index (χ3v) is 11.0. The number of benzene rings is 8. The Bertz CT molecular complexity index is 2790. The smallest absolute Gasteiger partial charge is 0.160 e. The van der Waals surface area contributed by atoms with Crippen LogP contribution >= 0.6 is 0 Å². The number of nitrogens with zero attached hydrogens (tertiary/aromatic N) is 2. The molecule has 0 aliphatic heterocycles. The predicted molar refractivity (Wildman–Crippen MR) is 222 cm³/mol. The zero-order chi connectivity index (χ0) is 35.5. The third kappa shape index (κ3) is 5.18. The fourth-order valence-corrected chi connectivity index (χ4v) is 8.47. The standard InChI is InChI=1S/C51H36N2/c1-51(2)45-31-38(27-28-44(45)48-42-25-11-9-23-40(42)41-24-10-12-26-43(41)49(48)51)36-20-13-19-35(29-36)37-21-14-22-39(30-37)50-52-46(33-15-5-3-6-16-33)32-47(53-50)34-17-7-4-8-18-34/h3-32H,1-2H3. The molecule has 0 saturated carbocycles. The van der Waals surface area contributed by atoms with Crippen molar-refractivity contribution in [2.24, 2.45) is 0 Å². The van der Waals surface area contributed by atoms with Crippen LogP contribution in [0.3, 0.4) is 0 Å². The molecule has 8 aromatic carbocycles. The molecule has 2 heteroatoms. The first-order valence-corrected chi connectivity index (χ1v) is 18.3. The van der Waals surface area contributed by atoms with Gasteiger partial charge in [-0.15, -0.1) is 0 Å². The van der Waals surface area contributed by atoms with Gasteiger partial charge in [0.15, 0.2) is 5.82 Å². The second-order valence-corrected chi connectivity index (χ2v) is 14.6. The van der Waals surface area contributed by atoms with Crippen LogP contribution in [0.1, 0.15) is 25.0 Å². The monoisotopic (exact) mass is 676 g/mol. The molecule has 10 rings (SSSR count). The molecule has 0 unspecified atom stereocenters. The molecule has 1 heterocycles. The van der Waals surface area contributed by atoms with Gasteiger partial charge in [-0.1, -0.05) is 172 Å². The molecule has 250 valence electrons. The molecule has 0 radical (unpaired) electrons. The largest absolute Gasteiger partial charge is 0.228 e. The fraction of sp³-hybridized carbons (Fsp3) is 0.0588. The number of rotatable bonds is 5. The number of fused-ring (bicyclic) bond motifs is 8. The third-order valence-electron chi connectivity index (χ3n) is 11.0. The topological polar surface area (TPSA) is 25.8 Å². The van der Waals surface area contributed by atoms with Gasteiger partial charge in [0, 0.05) is 22.1 Å². The minimum atomic E-state index is -0.150. The molecule has 0 bridgehead atoms. The number of hydrogen-bond donors (Lipinski definition) is 0. The molecule has 0 saturated heterocycles. The number of hydrogen-bond acceptors (Lipinski definition) is 2. The lowest BCUT2D eigenvalue weighted by Gasteiger charge is -2.24. The summed E-state index contributed by atoms with van der Waals surface area (Å²) in [6.07, 6.45) is 0. The summed E-state index contributed by atoms with van der Waals surface area (Å²) in [6.45, 7) is 4.78. The first-order chi connectivity index (χ1) is 26.0. The average molecular weight is 677 g/mol. The van der Waals surface area contributed by atoms with Gasteiger partial charge in [0.25, 0.3) is 0 Å². The molecule has 1 aliphatic carbocycles. The second-order valence-electron chi connectivity index (χ2n) is 14.6. The maximum Gasteiger partial charge on any atom is 0.160 e. The Morgan fingerprint density at radius 3 is 1.42 bits per heavy atom. The normalized spacial score (nSPS) is 12.9. The molecule has 2 nitrogen and oxygen atoms in total. The van der Waals surface area contributed by atoms with Crippen molar-refractivity contribution in [3.8, 4) is 67.3 Å². The lowest BCUT2D eigenvalue weighted by molar-refractivity contribution is 0.667. The van der Waals surface area contributed by atoms with Crippen molar-refractivity contribution in [1.29, 1.82) is 0 Å². The van der Waals surface area contributed by atoms with Crippen LogP contribution in [0.5, 0.6) is 0 Å². The van der Waals surface area contributed by atoms with Crippen LogP contribution in [-0.2, 0) is 5.41 Å². The van der Waals surface area contributed by atoms with Crippen molar-refractivity contribution < 1.29 is 0 Å². The summed E-state index contributed by atoms with van der Waals surface area (Å²) >= 11 is 0. The second kappa shape index (κ2) is 12.3. The molecule has 0 N–H and O–H groups in total. The Labute approximate surface area is 310 Å². The first kappa shape index (κ1) is 31.1. The van der Waals surface area contributed by atoms with E-state index in [4.69, 9.17) is 9.97 Å². The summed E-state index contributed by atoms with van der Waals surface area (Å²) < 4.78 is 0. The zero-order valence-corrected chi connectivity index (χ0v) is 29.7. The van der Waals surface area contributed by atoms with E-state index in [1.165, 1.54) is 54.9 Å². The Balaban J connectivity index is 1.05. The Kier molecular flexibility index (Phi) is 7.19. The van der Waals surface area contributed by atoms with Crippen molar-refractivity contribution >= 4 is 21.5 Å². The van der Waals surface area contributed by atoms with Gasteiger partial charge in [-0.05, 0) is 90.3 Å². The first-order valence-electron chi connectivity index (χ1n) is 18.3. The van der Waals surface area contributed by atoms with Crippen molar-refractivity contribution in [2.75, 3.05) is 0 Å². The van der Waals surface area contributed by atoms with Gasteiger partial charge >= 0.3 is 0 Å². The van der Waals surface area contributed by atoms with Gasteiger partial charge in [0.05, 0.1) is 11.4 Å². The van der Waals surface area contributed by atoms with E-state index in [9.17, 15) is 0 Å². The van der Waals surface area contributed by atoms with Crippen molar-refractivity contribution in [3.05, 3.63) is 193 Å². The summed E-state index contributed by atoms with van der Waals surface area (Å²) in [5, 5.41) is 5.32. The van der Waals surface area contributed by atoms with E-state index < -0.39 is 0 Å². The highest BCUT2D eigenvalue weighted by molar-refractivity contribution is 6.18. The number of aromatic nitrogens is 2. The molecule has 1 aromatic heterocycles. The molecular formula is C51H36N2. The van der Waals surface area contributed by atoms with E-state index >= 15 is 0 Å². The Hall–Kier alpha value is -6.64. The van der Waals surface area contributed by atoms with Crippen LogP contribution in [0.4, 0.5) is 0 Å². The average Bonchev–Trinajstić information content (AvgIpc) is 3.47. The molecule has 0 fully saturated rings. The van der Waals surface area contributed by atoms with Gasteiger partial charge in [0.1, 0.15) is 0 Å². The predicted octanol–water partition coefficient (Wildman–Crippen LogP) is 13.4.